The molecule has 3 aromatic rings. The van der Waals surface area contributed by atoms with Gasteiger partial charge >= 0.3 is 0 Å². The maximum Gasteiger partial charge on any atom is 0.238 e. The molecule has 0 radical (unpaired) electrons. The van der Waals surface area contributed by atoms with Crippen LogP contribution in [0.5, 0.6) is 0 Å². The van der Waals surface area contributed by atoms with E-state index in [1.807, 2.05) is 21.9 Å². The molecular weight excluding hydrogens is 566 g/mol. The lowest BCUT2D eigenvalue weighted by Crippen LogP contribution is -2.58. The highest BCUT2D eigenvalue weighted by atomic mass is 16.3. The summed E-state index contributed by atoms with van der Waals surface area (Å²) in [4.78, 5) is 43.9. The summed E-state index contributed by atoms with van der Waals surface area (Å²) in [6.07, 6.45) is 8.79. The highest BCUT2D eigenvalue weighted by Gasteiger charge is 2.56. The molecule has 3 N–H and O–H groups in total. The number of nitrogens with zero attached hydrogens (tertiary/aromatic N) is 6. The fourth-order valence-electron chi connectivity index (χ4n) is 8.16. The van der Waals surface area contributed by atoms with E-state index in [9.17, 15) is 14.7 Å². The molecule has 5 heterocycles. The molecular formula is C35H47N7O3. The molecule has 10 nitrogen and oxygen atoms in total. The molecule has 1 aliphatic carbocycles. The number of fused-ring (bicyclic) bond motifs is 3. The molecule has 0 bridgehead atoms. The fourth-order valence-corrected chi connectivity index (χ4v) is 8.16. The smallest absolute Gasteiger partial charge is 0.238 e. The van der Waals surface area contributed by atoms with Gasteiger partial charge in [-0.15, -0.1) is 0 Å². The van der Waals surface area contributed by atoms with Crippen LogP contribution in [0.2, 0.25) is 0 Å². The number of likely N-dealkylation sites (tertiary alicyclic amines) is 2. The largest absolute Gasteiger partial charge is 0.395 e. The molecule has 2 amide bonds. The summed E-state index contributed by atoms with van der Waals surface area (Å²) in [5.74, 6) is 0.564. The second kappa shape index (κ2) is 11.1. The van der Waals surface area contributed by atoms with Crippen molar-refractivity contribution < 1.29 is 14.7 Å². The van der Waals surface area contributed by atoms with E-state index in [0.717, 1.165) is 59.5 Å². The Labute approximate surface area is 265 Å². The molecule has 2 aromatic heterocycles. The molecule has 1 aromatic carbocycles. The van der Waals surface area contributed by atoms with E-state index in [4.69, 9.17) is 10.7 Å². The van der Waals surface area contributed by atoms with Crippen LogP contribution in [0, 0.1) is 5.41 Å². The second-order valence-electron chi connectivity index (χ2n) is 14.7. The molecule has 7 rings (SSSR count). The number of nitrogens with two attached hydrogens (primary N) is 1. The number of piperidine rings is 2. The Morgan fingerprint density at radius 3 is 2.44 bits per heavy atom. The van der Waals surface area contributed by atoms with Crippen LogP contribution in [0.1, 0.15) is 84.2 Å². The van der Waals surface area contributed by atoms with Crippen molar-refractivity contribution in [1.82, 2.24) is 24.3 Å². The zero-order valence-corrected chi connectivity index (χ0v) is 27.1. The average Bonchev–Trinajstić information content (AvgIpc) is 3.55. The summed E-state index contributed by atoms with van der Waals surface area (Å²) >= 11 is 0. The van der Waals surface area contributed by atoms with Crippen LogP contribution in [-0.2, 0) is 15.0 Å². The minimum Gasteiger partial charge on any atom is -0.395 e. The molecule has 1 saturated carbocycles. The summed E-state index contributed by atoms with van der Waals surface area (Å²) in [6.45, 7) is 10.9. The van der Waals surface area contributed by atoms with Gasteiger partial charge < -0.3 is 30.1 Å². The molecule has 0 atom stereocenters. The first-order valence-corrected chi connectivity index (χ1v) is 16.8. The number of nitrogen functional groups attached to an aromatic ring is 1. The van der Waals surface area contributed by atoms with Crippen molar-refractivity contribution in [1.29, 1.82) is 0 Å². The first kappa shape index (κ1) is 30.2. The van der Waals surface area contributed by atoms with Gasteiger partial charge in [0, 0.05) is 42.5 Å². The first-order chi connectivity index (χ1) is 21.5. The third-order valence-electron chi connectivity index (χ3n) is 11.1. The monoisotopic (exact) mass is 613 g/mol. The summed E-state index contributed by atoms with van der Waals surface area (Å²) in [6, 6.07) is 9.22. The average molecular weight is 614 g/mol. The molecule has 0 unspecified atom stereocenters. The highest BCUT2D eigenvalue weighted by molar-refractivity contribution is 6.09. The van der Waals surface area contributed by atoms with Gasteiger partial charge in [-0.3, -0.25) is 9.59 Å². The van der Waals surface area contributed by atoms with Crippen LogP contribution in [0.15, 0.2) is 30.6 Å². The van der Waals surface area contributed by atoms with E-state index in [2.05, 4.69) is 46.8 Å². The summed E-state index contributed by atoms with van der Waals surface area (Å²) < 4.78 is 2.04. The molecule has 2 saturated heterocycles. The topological polar surface area (TPSA) is 121 Å². The van der Waals surface area contributed by atoms with E-state index in [1.165, 1.54) is 19.3 Å². The number of aromatic nitrogens is 3. The van der Waals surface area contributed by atoms with E-state index >= 15 is 0 Å². The minimum atomic E-state index is -0.834. The number of aliphatic hydroxyl groups is 1. The fraction of sp³-hybridized carbons (Fsp3) is 0.600. The van der Waals surface area contributed by atoms with E-state index < -0.39 is 10.8 Å². The Morgan fingerprint density at radius 2 is 1.78 bits per heavy atom. The van der Waals surface area contributed by atoms with Crippen molar-refractivity contribution in [2.75, 3.05) is 43.4 Å². The van der Waals surface area contributed by atoms with Crippen molar-refractivity contribution in [3.63, 3.8) is 0 Å². The number of carbonyl (C=O) groups is 2. The molecule has 240 valence electrons. The zero-order valence-electron chi connectivity index (χ0n) is 27.1. The van der Waals surface area contributed by atoms with Gasteiger partial charge in [0.25, 0.3) is 0 Å². The highest BCUT2D eigenvalue weighted by Crippen LogP contribution is 2.52. The van der Waals surface area contributed by atoms with Crippen LogP contribution in [-0.4, -0.2) is 86.1 Å². The van der Waals surface area contributed by atoms with Crippen molar-refractivity contribution in [3.8, 4) is 11.3 Å². The third kappa shape index (κ3) is 4.83. The number of benzene rings is 1. The number of hydrogen-bond acceptors (Lipinski definition) is 7. The standard InChI is InChI=1S/C35H47N7O3/c1-22(2)41-21-37-28-19-27(38-31(36)30(28)41)23-8-9-26-29(16-23)42(25-17-24(18-25)39-12-6-5-7-13-39)33(45)35(26)10-14-40(15-11-35)32(44)34(3,4)20-43/h8-9,16,19,21-22,24-25,43H,5-7,10-15,17-18,20H2,1-4H3,(H2,36,38). The van der Waals surface area contributed by atoms with Crippen LogP contribution in [0.25, 0.3) is 22.3 Å². The van der Waals surface area contributed by atoms with Crippen molar-refractivity contribution in [2.45, 2.75) is 96.2 Å². The quantitative estimate of drug-likeness (QED) is 0.420. The lowest BCUT2D eigenvalue weighted by atomic mass is 9.73. The van der Waals surface area contributed by atoms with Gasteiger partial charge in [0.1, 0.15) is 11.3 Å². The Bertz CT molecular complexity index is 1630. The van der Waals surface area contributed by atoms with Crippen molar-refractivity contribution in [2.24, 2.45) is 5.41 Å². The van der Waals surface area contributed by atoms with Gasteiger partial charge in [0.2, 0.25) is 11.8 Å². The Morgan fingerprint density at radius 1 is 1.07 bits per heavy atom. The van der Waals surface area contributed by atoms with E-state index in [0.29, 0.717) is 37.8 Å². The number of anilines is 2. The van der Waals surface area contributed by atoms with Crippen molar-refractivity contribution in [3.05, 3.63) is 36.2 Å². The number of carbonyl (C=O) groups excluding carboxylic acids is 2. The zero-order chi connectivity index (χ0) is 31.7. The first-order valence-electron chi connectivity index (χ1n) is 16.8. The summed E-state index contributed by atoms with van der Waals surface area (Å²) in [5.41, 5.74) is 10.4. The lowest BCUT2D eigenvalue weighted by Gasteiger charge is -2.48. The maximum absolute atomic E-state index is 14.6. The number of imidazole rings is 1. The predicted octanol–water partition coefficient (Wildman–Crippen LogP) is 4.50. The van der Waals surface area contributed by atoms with Crippen LogP contribution in [0.3, 0.4) is 0 Å². The van der Waals surface area contributed by atoms with Gasteiger partial charge in [0.05, 0.1) is 35.0 Å². The van der Waals surface area contributed by atoms with Crippen LogP contribution >= 0.6 is 0 Å². The van der Waals surface area contributed by atoms with Gasteiger partial charge in [-0.05, 0) is 97.0 Å². The van der Waals surface area contributed by atoms with Crippen molar-refractivity contribution >= 4 is 34.4 Å². The number of aliphatic hydroxyl groups excluding tert-OH is 1. The minimum absolute atomic E-state index is 0.0555. The molecule has 10 heteroatoms. The molecule has 45 heavy (non-hydrogen) atoms. The molecule has 3 fully saturated rings. The van der Waals surface area contributed by atoms with Gasteiger partial charge in [-0.1, -0.05) is 18.6 Å². The molecule has 4 aliphatic rings. The summed E-state index contributed by atoms with van der Waals surface area (Å²) in [7, 11) is 0. The number of amides is 2. The van der Waals surface area contributed by atoms with E-state index in [-0.39, 0.29) is 30.5 Å². The predicted molar refractivity (Wildman–Crippen MR) is 176 cm³/mol. The third-order valence-corrected chi connectivity index (χ3v) is 11.1. The number of hydrogen-bond donors (Lipinski definition) is 2. The Kier molecular flexibility index (Phi) is 7.43. The SMILES string of the molecule is CC(C)n1cnc2cc(-c3ccc4c(c3)N(C3CC(N5CCCCC5)C3)C(=O)C43CCN(C(=O)C(C)(C)CO)CC3)nc(N)c21. The molecule has 1 spiro atoms. The lowest BCUT2D eigenvalue weighted by molar-refractivity contribution is -0.145. The van der Waals surface area contributed by atoms with Gasteiger partial charge in [0.15, 0.2) is 0 Å². The Hall–Kier alpha value is -3.50. The molecule has 3 aliphatic heterocycles. The van der Waals surface area contributed by atoms with Gasteiger partial charge in [-0.2, -0.15) is 0 Å². The second-order valence-corrected chi connectivity index (χ2v) is 14.7. The van der Waals surface area contributed by atoms with Crippen LogP contribution < -0.4 is 10.6 Å². The summed E-state index contributed by atoms with van der Waals surface area (Å²) in [5, 5.41) is 9.81. The normalized spacial score (nSPS) is 23.6. The van der Waals surface area contributed by atoms with E-state index in [1.54, 1.807) is 13.8 Å². The van der Waals surface area contributed by atoms with Crippen LogP contribution in [0.4, 0.5) is 11.5 Å². The number of rotatable bonds is 6. The Balaban J connectivity index is 1.23. The van der Waals surface area contributed by atoms with Gasteiger partial charge in [-0.25, -0.2) is 9.97 Å². The number of pyridine rings is 1. The maximum atomic E-state index is 14.6.